The molecule has 18 heavy (non-hydrogen) atoms. The fourth-order valence-corrected chi connectivity index (χ4v) is 2.39. The Bertz CT molecular complexity index is 522. The zero-order valence-corrected chi connectivity index (χ0v) is 12.8. The molecule has 0 unspecified atom stereocenters. The maximum Gasteiger partial charge on any atom is 0.196 e. The number of likely N-dealkylation sites (N-methyl/N-ethyl adjacent to an activating group) is 1. The van der Waals surface area contributed by atoms with Crippen LogP contribution in [0, 0.1) is 10.5 Å². The van der Waals surface area contributed by atoms with Crippen molar-refractivity contribution >= 4 is 22.6 Å². The highest BCUT2D eigenvalue weighted by Gasteiger charge is 2.10. The van der Waals surface area contributed by atoms with Crippen LogP contribution in [-0.4, -0.2) is 18.1 Å². The quantitative estimate of drug-likeness (QED) is 0.659. The molecule has 0 amide bonds. The molecule has 0 aliphatic rings. The van der Waals surface area contributed by atoms with Gasteiger partial charge in [0.25, 0.3) is 0 Å². The third-order valence-corrected chi connectivity index (χ3v) is 4.21. The summed E-state index contributed by atoms with van der Waals surface area (Å²) in [6.45, 7) is 6.08. The van der Waals surface area contributed by atoms with Gasteiger partial charge in [0.15, 0.2) is 11.7 Å². The minimum absolute atomic E-state index is 0.795. The van der Waals surface area contributed by atoms with Crippen LogP contribution in [0.25, 0.3) is 11.3 Å². The molecule has 3 nitrogen and oxygen atoms in total. The SMILES string of the molecule is CCNCCc1ncc(-c2cccc(C)c2I)o1. The zero-order chi connectivity index (χ0) is 13.0. The molecular formula is C14H17IN2O. The van der Waals surface area contributed by atoms with Gasteiger partial charge in [-0.1, -0.05) is 25.1 Å². The van der Waals surface area contributed by atoms with Gasteiger partial charge in [-0.2, -0.15) is 0 Å². The fourth-order valence-electron chi connectivity index (χ4n) is 1.76. The third-order valence-electron chi connectivity index (χ3n) is 2.78. The van der Waals surface area contributed by atoms with Gasteiger partial charge >= 0.3 is 0 Å². The highest BCUT2D eigenvalue weighted by atomic mass is 127. The Labute approximate surface area is 121 Å². The number of hydrogen-bond acceptors (Lipinski definition) is 3. The number of hydrogen-bond donors (Lipinski definition) is 1. The molecule has 1 aromatic carbocycles. The molecule has 0 saturated heterocycles. The van der Waals surface area contributed by atoms with Gasteiger partial charge in [-0.25, -0.2) is 4.98 Å². The van der Waals surface area contributed by atoms with E-state index in [-0.39, 0.29) is 0 Å². The van der Waals surface area contributed by atoms with Crippen LogP contribution >= 0.6 is 22.6 Å². The maximum atomic E-state index is 5.80. The minimum Gasteiger partial charge on any atom is -0.441 e. The maximum absolute atomic E-state index is 5.80. The second-order valence-corrected chi connectivity index (χ2v) is 5.24. The molecule has 0 radical (unpaired) electrons. The number of halogens is 1. The average molecular weight is 356 g/mol. The summed E-state index contributed by atoms with van der Waals surface area (Å²) in [5.41, 5.74) is 2.39. The highest BCUT2D eigenvalue weighted by molar-refractivity contribution is 14.1. The van der Waals surface area contributed by atoms with E-state index in [0.29, 0.717) is 0 Å². The second-order valence-electron chi connectivity index (χ2n) is 4.16. The summed E-state index contributed by atoms with van der Waals surface area (Å²) in [5.74, 6) is 1.65. The zero-order valence-electron chi connectivity index (χ0n) is 10.7. The van der Waals surface area contributed by atoms with E-state index in [9.17, 15) is 0 Å². The summed E-state index contributed by atoms with van der Waals surface area (Å²) < 4.78 is 7.02. The monoisotopic (exact) mass is 356 g/mol. The largest absolute Gasteiger partial charge is 0.441 e. The van der Waals surface area contributed by atoms with Crippen molar-refractivity contribution in [1.29, 1.82) is 0 Å². The first kappa shape index (κ1) is 13.5. The Morgan fingerprint density at radius 2 is 2.22 bits per heavy atom. The van der Waals surface area contributed by atoms with Crippen molar-refractivity contribution in [2.24, 2.45) is 0 Å². The van der Waals surface area contributed by atoms with Gasteiger partial charge in [-0.05, 0) is 41.6 Å². The number of aromatic nitrogens is 1. The van der Waals surface area contributed by atoms with Crippen molar-refractivity contribution in [2.75, 3.05) is 13.1 Å². The Hall–Kier alpha value is -0.880. The molecule has 0 spiro atoms. The molecule has 1 heterocycles. The summed E-state index contributed by atoms with van der Waals surface area (Å²) in [6.07, 6.45) is 2.65. The molecule has 0 saturated carbocycles. The van der Waals surface area contributed by atoms with Crippen molar-refractivity contribution in [3.8, 4) is 11.3 Å². The van der Waals surface area contributed by atoms with Gasteiger partial charge in [0.1, 0.15) is 0 Å². The molecule has 2 aromatic rings. The number of aryl methyl sites for hydroxylation is 1. The van der Waals surface area contributed by atoms with Crippen LogP contribution in [0.4, 0.5) is 0 Å². The van der Waals surface area contributed by atoms with E-state index in [1.165, 1.54) is 9.13 Å². The van der Waals surface area contributed by atoms with Gasteiger partial charge in [0, 0.05) is 22.1 Å². The number of rotatable bonds is 5. The van der Waals surface area contributed by atoms with E-state index in [4.69, 9.17) is 4.42 Å². The Balaban J connectivity index is 2.16. The molecule has 2 rings (SSSR count). The second kappa shape index (κ2) is 6.33. The van der Waals surface area contributed by atoms with Gasteiger partial charge in [-0.15, -0.1) is 0 Å². The lowest BCUT2D eigenvalue weighted by Gasteiger charge is -2.03. The molecular weight excluding hydrogens is 339 g/mol. The van der Waals surface area contributed by atoms with Crippen molar-refractivity contribution < 1.29 is 4.42 Å². The lowest BCUT2D eigenvalue weighted by Crippen LogP contribution is -2.16. The van der Waals surface area contributed by atoms with E-state index in [1.54, 1.807) is 0 Å². The highest BCUT2D eigenvalue weighted by Crippen LogP contribution is 2.27. The van der Waals surface area contributed by atoms with Crippen molar-refractivity contribution in [3.05, 3.63) is 39.4 Å². The molecule has 96 valence electrons. The van der Waals surface area contributed by atoms with E-state index < -0.39 is 0 Å². The topological polar surface area (TPSA) is 38.1 Å². The number of oxazole rings is 1. The van der Waals surface area contributed by atoms with Crippen LogP contribution in [-0.2, 0) is 6.42 Å². The Morgan fingerprint density at radius 3 is 3.00 bits per heavy atom. The molecule has 0 aliphatic heterocycles. The van der Waals surface area contributed by atoms with Crippen LogP contribution in [0.2, 0.25) is 0 Å². The van der Waals surface area contributed by atoms with Crippen LogP contribution in [0.5, 0.6) is 0 Å². The van der Waals surface area contributed by atoms with Gasteiger partial charge in [0.2, 0.25) is 0 Å². The van der Waals surface area contributed by atoms with Crippen LogP contribution in [0.1, 0.15) is 18.4 Å². The van der Waals surface area contributed by atoms with E-state index in [2.05, 4.69) is 58.9 Å². The van der Waals surface area contributed by atoms with E-state index in [1.807, 2.05) is 12.3 Å². The van der Waals surface area contributed by atoms with Gasteiger partial charge in [0.05, 0.1) is 6.20 Å². The van der Waals surface area contributed by atoms with E-state index in [0.717, 1.165) is 36.7 Å². The standard InChI is InChI=1S/C14H17IN2O/c1-3-16-8-7-13-17-9-12(18-13)11-6-4-5-10(2)14(11)15/h4-6,9,16H,3,7-8H2,1-2H3. The summed E-state index contributed by atoms with van der Waals surface area (Å²) in [5, 5.41) is 3.26. The van der Waals surface area contributed by atoms with Gasteiger partial charge < -0.3 is 9.73 Å². The molecule has 4 heteroatoms. The average Bonchev–Trinajstić information content (AvgIpc) is 2.82. The van der Waals surface area contributed by atoms with Crippen LogP contribution in [0.15, 0.2) is 28.8 Å². The van der Waals surface area contributed by atoms with Crippen LogP contribution in [0.3, 0.4) is 0 Å². The molecule has 0 fully saturated rings. The normalized spacial score (nSPS) is 10.8. The van der Waals surface area contributed by atoms with Crippen molar-refractivity contribution in [2.45, 2.75) is 20.3 Å². The Kier molecular flexibility index (Phi) is 4.77. The Morgan fingerprint density at radius 1 is 1.39 bits per heavy atom. The fraction of sp³-hybridized carbons (Fsp3) is 0.357. The number of nitrogens with zero attached hydrogens (tertiary/aromatic N) is 1. The van der Waals surface area contributed by atoms with Crippen molar-refractivity contribution in [1.82, 2.24) is 10.3 Å². The number of nitrogens with one attached hydrogen (secondary N) is 1. The first-order valence-electron chi connectivity index (χ1n) is 6.13. The lowest BCUT2D eigenvalue weighted by molar-refractivity contribution is 0.497. The van der Waals surface area contributed by atoms with Crippen LogP contribution < -0.4 is 5.32 Å². The summed E-state index contributed by atoms with van der Waals surface area (Å²) in [4.78, 5) is 4.33. The predicted octanol–water partition coefficient (Wildman–Crippen LogP) is 3.41. The molecule has 1 aromatic heterocycles. The first-order chi connectivity index (χ1) is 8.72. The number of benzene rings is 1. The molecule has 1 N–H and O–H groups in total. The minimum atomic E-state index is 0.795. The summed E-state index contributed by atoms with van der Waals surface area (Å²) >= 11 is 2.35. The summed E-state index contributed by atoms with van der Waals surface area (Å²) in [7, 11) is 0. The third kappa shape index (κ3) is 3.11. The first-order valence-corrected chi connectivity index (χ1v) is 7.21. The molecule has 0 atom stereocenters. The van der Waals surface area contributed by atoms with Gasteiger partial charge in [-0.3, -0.25) is 0 Å². The summed E-state index contributed by atoms with van der Waals surface area (Å²) in [6, 6.07) is 6.23. The smallest absolute Gasteiger partial charge is 0.196 e. The van der Waals surface area contributed by atoms with E-state index >= 15 is 0 Å². The predicted molar refractivity (Wildman–Crippen MR) is 81.6 cm³/mol. The van der Waals surface area contributed by atoms with Crippen molar-refractivity contribution in [3.63, 3.8) is 0 Å². The lowest BCUT2D eigenvalue weighted by atomic mass is 10.1. The molecule has 0 bridgehead atoms. The molecule has 0 aliphatic carbocycles.